The lowest BCUT2D eigenvalue weighted by Gasteiger charge is -2.35. The summed E-state index contributed by atoms with van der Waals surface area (Å²) in [4.78, 5) is 13.3. The van der Waals surface area contributed by atoms with E-state index >= 15 is 0 Å². The van der Waals surface area contributed by atoms with E-state index in [0.29, 0.717) is 11.2 Å². The van der Waals surface area contributed by atoms with Crippen molar-refractivity contribution in [2.45, 2.75) is 65.2 Å². The second kappa shape index (κ2) is 9.32. The first-order valence-corrected chi connectivity index (χ1v) is 11.1. The molecule has 1 aliphatic rings. The number of rotatable bonds is 7. The number of hydrogen-bond acceptors (Lipinski definition) is 3. The molecule has 0 aromatic heterocycles. The smallest absolute Gasteiger partial charge is 0.248 e. The fraction of sp³-hybridized carbons (Fsp3) is 0.571. The van der Waals surface area contributed by atoms with Gasteiger partial charge in [0.15, 0.2) is 0 Å². The molecule has 0 unspecified atom stereocenters. The summed E-state index contributed by atoms with van der Waals surface area (Å²) >= 11 is 5.12. The number of amides is 1. The molecular weight excluding hydrogens is 408 g/mol. The Labute approximate surface area is 170 Å². The number of allylic oxidation sites excluding steroid dienone is 2. The Hall–Kier alpha value is -0.940. The number of hydrogen-bond donors (Lipinski definition) is 2. The number of carbonyl (C=O) groups is 1. The Morgan fingerprint density at radius 2 is 2.04 bits per heavy atom. The summed E-state index contributed by atoms with van der Waals surface area (Å²) in [6.45, 7) is 11.1. The summed E-state index contributed by atoms with van der Waals surface area (Å²) in [5.74, 6) is 1.15. The van der Waals surface area contributed by atoms with Crippen molar-refractivity contribution in [2.75, 3.05) is 5.75 Å². The molecule has 2 N–H and O–H groups in total. The maximum atomic E-state index is 12.2. The number of halogens is 1. The van der Waals surface area contributed by atoms with E-state index in [1.807, 2.05) is 0 Å². The third-order valence-electron chi connectivity index (χ3n) is 5.60. The molecule has 0 bridgehead atoms. The Morgan fingerprint density at radius 3 is 2.65 bits per heavy atom. The van der Waals surface area contributed by atoms with Crippen LogP contribution in [0.5, 0.6) is 0 Å². The Morgan fingerprint density at radius 1 is 1.31 bits per heavy atom. The van der Waals surface area contributed by atoms with Crippen LogP contribution >= 0.6 is 27.7 Å². The molecule has 0 radical (unpaired) electrons. The molecule has 0 aliphatic heterocycles. The molecule has 2 rings (SSSR count). The highest BCUT2D eigenvalue weighted by molar-refractivity contribution is 9.10. The molecule has 0 spiro atoms. The molecule has 0 saturated heterocycles. The lowest BCUT2D eigenvalue weighted by atomic mass is 9.71. The zero-order valence-electron chi connectivity index (χ0n) is 16.5. The van der Waals surface area contributed by atoms with Crippen LogP contribution in [0.1, 0.15) is 57.6 Å². The SMILES string of the molecule is CCC(C)(C)[C@H]1CC=C(NNC(=O)CSc2cc(C)c(Br)cc2C)CC1. The van der Waals surface area contributed by atoms with Crippen molar-refractivity contribution in [3.63, 3.8) is 0 Å². The second-order valence-electron chi connectivity index (χ2n) is 7.87. The summed E-state index contributed by atoms with van der Waals surface area (Å²) in [5.41, 5.74) is 9.88. The summed E-state index contributed by atoms with van der Waals surface area (Å²) < 4.78 is 1.11. The Bertz CT molecular complexity index is 685. The summed E-state index contributed by atoms with van der Waals surface area (Å²) in [6, 6.07) is 4.24. The molecule has 0 heterocycles. The first-order chi connectivity index (χ1) is 12.2. The van der Waals surface area contributed by atoms with Gasteiger partial charge in [-0.1, -0.05) is 49.2 Å². The highest BCUT2D eigenvalue weighted by atomic mass is 79.9. The van der Waals surface area contributed by atoms with Crippen LogP contribution in [-0.2, 0) is 4.79 Å². The summed E-state index contributed by atoms with van der Waals surface area (Å²) in [7, 11) is 0. The van der Waals surface area contributed by atoms with Gasteiger partial charge in [-0.25, -0.2) is 0 Å². The number of thioether (sulfide) groups is 1. The highest BCUT2D eigenvalue weighted by Gasteiger charge is 2.28. The zero-order valence-corrected chi connectivity index (χ0v) is 18.9. The maximum absolute atomic E-state index is 12.2. The number of nitrogens with one attached hydrogen (secondary N) is 2. The van der Waals surface area contributed by atoms with Crippen LogP contribution in [0.15, 0.2) is 33.3 Å². The molecule has 1 aliphatic carbocycles. The third kappa shape index (κ3) is 5.78. The number of benzene rings is 1. The van der Waals surface area contributed by atoms with Gasteiger partial charge in [0.2, 0.25) is 5.91 Å². The van der Waals surface area contributed by atoms with Gasteiger partial charge in [0, 0.05) is 15.1 Å². The van der Waals surface area contributed by atoms with E-state index in [-0.39, 0.29) is 5.91 Å². The van der Waals surface area contributed by atoms with Crippen LogP contribution in [0.4, 0.5) is 0 Å². The van der Waals surface area contributed by atoms with Gasteiger partial charge in [0.05, 0.1) is 5.75 Å². The molecular formula is C21H31BrN2OS. The lowest BCUT2D eigenvalue weighted by molar-refractivity contribution is -0.119. The first-order valence-electron chi connectivity index (χ1n) is 9.36. The molecule has 1 aromatic rings. The van der Waals surface area contributed by atoms with Crippen LogP contribution in [0, 0.1) is 25.2 Å². The van der Waals surface area contributed by atoms with Crippen molar-refractivity contribution in [3.05, 3.63) is 39.5 Å². The summed E-state index contributed by atoms with van der Waals surface area (Å²) in [5, 5.41) is 0. The van der Waals surface area contributed by atoms with E-state index in [4.69, 9.17) is 0 Å². The Balaban J connectivity index is 1.79. The van der Waals surface area contributed by atoms with E-state index < -0.39 is 0 Å². The van der Waals surface area contributed by atoms with Gasteiger partial charge in [-0.2, -0.15) is 0 Å². The summed E-state index contributed by atoms with van der Waals surface area (Å²) in [6.07, 6.45) is 6.73. The van der Waals surface area contributed by atoms with Gasteiger partial charge in [0.1, 0.15) is 0 Å². The largest absolute Gasteiger partial charge is 0.303 e. The number of aryl methyl sites for hydroxylation is 2. The van der Waals surface area contributed by atoms with Crippen molar-refractivity contribution < 1.29 is 4.79 Å². The van der Waals surface area contributed by atoms with Crippen LogP contribution in [0.25, 0.3) is 0 Å². The van der Waals surface area contributed by atoms with Gasteiger partial charge in [-0.05, 0) is 67.7 Å². The van der Waals surface area contributed by atoms with Crippen molar-refractivity contribution >= 4 is 33.6 Å². The standard InChI is InChI=1S/C21H31BrN2OS/c1-6-21(4,5)16-7-9-17(10-8-16)23-24-20(25)13-26-19-12-14(2)18(22)11-15(19)3/h9,11-12,16,23H,6-8,10,13H2,1-5H3,(H,24,25)/t16-/m0/s1. The molecule has 144 valence electrons. The normalized spacial score (nSPS) is 17.6. The fourth-order valence-corrected chi connectivity index (χ4v) is 4.55. The minimum absolute atomic E-state index is 0.00637. The minimum Gasteiger partial charge on any atom is -0.303 e. The minimum atomic E-state index is 0.00637. The molecule has 0 saturated carbocycles. The topological polar surface area (TPSA) is 41.1 Å². The van der Waals surface area contributed by atoms with Gasteiger partial charge in [0.25, 0.3) is 0 Å². The van der Waals surface area contributed by atoms with E-state index in [2.05, 4.69) is 79.6 Å². The average Bonchev–Trinajstić information content (AvgIpc) is 2.62. The zero-order chi connectivity index (χ0) is 19.3. The predicted octanol–water partition coefficient (Wildman–Crippen LogP) is 5.90. The maximum Gasteiger partial charge on any atom is 0.248 e. The molecule has 26 heavy (non-hydrogen) atoms. The van der Waals surface area contributed by atoms with Crippen LogP contribution in [0.3, 0.4) is 0 Å². The molecule has 0 fully saturated rings. The number of hydrazine groups is 1. The van der Waals surface area contributed by atoms with E-state index in [0.717, 1.165) is 33.8 Å². The van der Waals surface area contributed by atoms with Crippen molar-refractivity contribution in [2.24, 2.45) is 11.3 Å². The van der Waals surface area contributed by atoms with E-state index in [9.17, 15) is 4.79 Å². The molecule has 1 aromatic carbocycles. The number of carbonyl (C=O) groups excluding carboxylic acids is 1. The highest BCUT2D eigenvalue weighted by Crippen LogP contribution is 2.39. The van der Waals surface area contributed by atoms with Gasteiger partial charge in [-0.15, -0.1) is 11.8 Å². The van der Waals surface area contributed by atoms with Crippen LogP contribution < -0.4 is 10.9 Å². The van der Waals surface area contributed by atoms with Crippen LogP contribution in [0.2, 0.25) is 0 Å². The predicted molar refractivity (Wildman–Crippen MR) is 115 cm³/mol. The fourth-order valence-electron chi connectivity index (χ4n) is 3.19. The van der Waals surface area contributed by atoms with Gasteiger partial charge >= 0.3 is 0 Å². The van der Waals surface area contributed by atoms with Crippen LogP contribution in [-0.4, -0.2) is 11.7 Å². The van der Waals surface area contributed by atoms with Gasteiger partial charge < -0.3 is 5.43 Å². The van der Waals surface area contributed by atoms with Gasteiger partial charge in [-0.3, -0.25) is 10.2 Å². The average molecular weight is 439 g/mol. The van der Waals surface area contributed by atoms with E-state index in [1.165, 1.54) is 24.0 Å². The Kier molecular flexibility index (Phi) is 7.65. The monoisotopic (exact) mass is 438 g/mol. The van der Waals surface area contributed by atoms with Crippen molar-refractivity contribution in [3.8, 4) is 0 Å². The molecule has 3 nitrogen and oxygen atoms in total. The molecule has 5 heteroatoms. The van der Waals surface area contributed by atoms with Crippen molar-refractivity contribution in [1.29, 1.82) is 0 Å². The molecule has 1 atom stereocenters. The lowest BCUT2D eigenvalue weighted by Crippen LogP contribution is -2.39. The second-order valence-corrected chi connectivity index (χ2v) is 9.74. The third-order valence-corrected chi connectivity index (χ3v) is 7.62. The van der Waals surface area contributed by atoms with E-state index in [1.54, 1.807) is 11.8 Å². The van der Waals surface area contributed by atoms with Crippen molar-refractivity contribution in [1.82, 2.24) is 10.9 Å². The molecule has 1 amide bonds. The quantitative estimate of drug-likeness (QED) is 0.411. The first kappa shape index (κ1) is 21.4.